The van der Waals surface area contributed by atoms with Crippen LogP contribution in [0, 0.1) is 0 Å². The largest absolute Gasteiger partial charge is 0.466 e. The lowest BCUT2D eigenvalue weighted by atomic mass is 10.0. The van der Waals surface area contributed by atoms with Crippen LogP contribution in [-0.2, 0) is 19.1 Å². The minimum atomic E-state index is -1.29. The second-order valence-corrected chi connectivity index (χ2v) is 5.28. The van der Waals surface area contributed by atoms with E-state index >= 15 is 0 Å². The standard InChI is InChI=1S/C19H19NO5/c1-13(21)25-17(19(23)24-2)16(14-9-5-3-6-10-14)20-18(22)15-11-7-4-8-12-15/h3-12,16-17H,1-2H3,(H,20,22). The summed E-state index contributed by atoms with van der Waals surface area (Å²) in [6, 6.07) is 16.5. The second kappa shape index (κ2) is 8.63. The SMILES string of the molecule is COC(=O)C(OC(C)=O)C(NC(=O)c1ccccc1)c1ccccc1. The molecule has 2 rings (SSSR count). The van der Waals surface area contributed by atoms with Crippen molar-refractivity contribution in [3.05, 3.63) is 71.8 Å². The van der Waals surface area contributed by atoms with Gasteiger partial charge in [-0.1, -0.05) is 48.5 Å². The topological polar surface area (TPSA) is 81.7 Å². The molecule has 0 aliphatic carbocycles. The lowest BCUT2D eigenvalue weighted by Crippen LogP contribution is -2.43. The van der Waals surface area contributed by atoms with E-state index in [9.17, 15) is 14.4 Å². The number of methoxy groups -OCH3 is 1. The van der Waals surface area contributed by atoms with E-state index in [2.05, 4.69) is 5.32 Å². The van der Waals surface area contributed by atoms with E-state index < -0.39 is 30.0 Å². The van der Waals surface area contributed by atoms with Crippen LogP contribution in [0.1, 0.15) is 28.9 Å². The molecule has 0 saturated heterocycles. The Hall–Kier alpha value is -3.15. The third-order valence-corrected chi connectivity index (χ3v) is 3.51. The number of ether oxygens (including phenoxy) is 2. The minimum Gasteiger partial charge on any atom is -0.466 e. The van der Waals surface area contributed by atoms with Gasteiger partial charge in [-0.05, 0) is 17.7 Å². The summed E-state index contributed by atoms with van der Waals surface area (Å²) in [7, 11) is 1.19. The molecular formula is C19H19NO5. The minimum absolute atomic E-state index is 0.393. The molecule has 0 heterocycles. The van der Waals surface area contributed by atoms with Crippen molar-refractivity contribution in [3.8, 4) is 0 Å². The van der Waals surface area contributed by atoms with Crippen LogP contribution >= 0.6 is 0 Å². The molecule has 0 spiro atoms. The molecule has 1 amide bonds. The maximum absolute atomic E-state index is 12.5. The fraction of sp³-hybridized carbons (Fsp3) is 0.211. The molecule has 0 radical (unpaired) electrons. The van der Waals surface area contributed by atoms with Gasteiger partial charge in [-0.2, -0.15) is 0 Å². The van der Waals surface area contributed by atoms with E-state index in [-0.39, 0.29) is 0 Å². The average molecular weight is 341 g/mol. The van der Waals surface area contributed by atoms with Crippen LogP contribution in [0.3, 0.4) is 0 Å². The molecule has 0 saturated carbocycles. The molecule has 0 aliphatic heterocycles. The summed E-state index contributed by atoms with van der Waals surface area (Å²) in [5.74, 6) is -1.79. The predicted octanol–water partition coefficient (Wildman–Crippen LogP) is 2.26. The number of hydrogen-bond donors (Lipinski definition) is 1. The summed E-state index contributed by atoms with van der Waals surface area (Å²) in [4.78, 5) is 36.1. The summed E-state index contributed by atoms with van der Waals surface area (Å²) in [5, 5.41) is 2.75. The Morgan fingerprint density at radius 2 is 1.48 bits per heavy atom. The molecule has 2 unspecified atom stereocenters. The molecule has 2 aromatic rings. The number of carbonyl (C=O) groups excluding carboxylic acids is 3. The molecule has 6 nitrogen and oxygen atoms in total. The summed E-state index contributed by atoms with van der Waals surface area (Å²) in [6.45, 7) is 1.19. The van der Waals surface area contributed by atoms with Crippen LogP contribution in [0.15, 0.2) is 60.7 Å². The van der Waals surface area contributed by atoms with Gasteiger partial charge in [0.05, 0.1) is 7.11 Å². The number of rotatable bonds is 6. The van der Waals surface area contributed by atoms with Crippen LogP contribution in [0.4, 0.5) is 0 Å². The Labute approximate surface area is 145 Å². The van der Waals surface area contributed by atoms with Crippen LogP contribution in [0.25, 0.3) is 0 Å². The Morgan fingerprint density at radius 3 is 2.00 bits per heavy atom. The van der Waals surface area contributed by atoms with Gasteiger partial charge in [-0.15, -0.1) is 0 Å². The first-order valence-corrected chi connectivity index (χ1v) is 7.69. The normalized spacial score (nSPS) is 12.6. The fourth-order valence-electron chi connectivity index (χ4n) is 2.36. The zero-order valence-corrected chi connectivity index (χ0v) is 14.0. The van der Waals surface area contributed by atoms with Gasteiger partial charge >= 0.3 is 11.9 Å². The highest BCUT2D eigenvalue weighted by molar-refractivity contribution is 5.95. The van der Waals surface area contributed by atoms with Gasteiger partial charge < -0.3 is 14.8 Å². The molecule has 2 aromatic carbocycles. The van der Waals surface area contributed by atoms with Crippen molar-refractivity contribution < 1.29 is 23.9 Å². The highest BCUT2D eigenvalue weighted by Crippen LogP contribution is 2.21. The van der Waals surface area contributed by atoms with E-state index in [1.54, 1.807) is 60.7 Å². The Bertz CT molecular complexity index is 730. The average Bonchev–Trinajstić information content (AvgIpc) is 2.65. The quantitative estimate of drug-likeness (QED) is 0.815. The van der Waals surface area contributed by atoms with Crippen LogP contribution in [0.2, 0.25) is 0 Å². The van der Waals surface area contributed by atoms with Crippen molar-refractivity contribution in [1.82, 2.24) is 5.32 Å². The number of benzene rings is 2. The highest BCUT2D eigenvalue weighted by Gasteiger charge is 2.34. The van der Waals surface area contributed by atoms with Gasteiger partial charge in [0.25, 0.3) is 5.91 Å². The van der Waals surface area contributed by atoms with Gasteiger partial charge in [0, 0.05) is 12.5 Å². The summed E-state index contributed by atoms with van der Waals surface area (Å²) in [6.07, 6.45) is -1.29. The molecule has 0 bridgehead atoms. The van der Waals surface area contributed by atoms with E-state index in [1.807, 2.05) is 0 Å². The highest BCUT2D eigenvalue weighted by atomic mass is 16.6. The lowest BCUT2D eigenvalue weighted by Gasteiger charge is -2.26. The lowest BCUT2D eigenvalue weighted by molar-refractivity contribution is -0.166. The molecule has 0 aliphatic rings. The summed E-state index contributed by atoms with van der Waals surface area (Å²) < 4.78 is 9.86. The molecular weight excluding hydrogens is 322 g/mol. The number of amides is 1. The number of carbonyl (C=O) groups is 3. The van der Waals surface area contributed by atoms with Crippen molar-refractivity contribution in [3.63, 3.8) is 0 Å². The zero-order valence-electron chi connectivity index (χ0n) is 14.0. The van der Waals surface area contributed by atoms with Crippen LogP contribution < -0.4 is 5.32 Å². The van der Waals surface area contributed by atoms with Crippen molar-refractivity contribution in [1.29, 1.82) is 0 Å². The Kier molecular flexibility index (Phi) is 6.28. The van der Waals surface area contributed by atoms with E-state index in [0.717, 1.165) is 0 Å². The first-order valence-electron chi connectivity index (χ1n) is 7.69. The van der Waals surface area contributed by atoms with Crippen molar-refractivity contribution in [2.45, 2.75) is 19.1 Å². The smallest absolute Gasteiger partial charge is 0.349 e. The molecule has 0 aromatic heterocycles. The van der Waals surface area contributed by atoms with E-state index in [1.165, 1.54) is 14.0 Å². The molecule has 130 valence electrons. The van der Waals surface area contributed by atoms with Crippen LogP contribution in [-0.4, -0.2) is 31.1 Å². The predicted molar refractivity (Wildman–Crippen MR) is 90.7 cm³/mol. The van der Waals surface area contributed by atoms with Gasteiger partial charge in [0.2, 0.25) is 6.10 Å². The molecule has 2 atom stereocenters. The third-order valence-electron chi connectivity index (χ3n) is 3.51. The first kappa shape index (κ1) is 18.2. The van der Waals surface area contributed by atoms with E-state index in [0.29, 0.717) is 11.1 Å². The number of hydrogen-bond acceptors (Lipinski definition) is 5. The maximum atomic E-state index is 12.5. The molecule has 25 heavy (non-hydrogen) atoms. The Balaban J connectivity index is 2.36. The Morgan fingerprint density at radius 1 is 0.920 bits per heavy atom. The van der Waals surface area contributed by atoms with Gasteiger partial charge in [-0.25, -0.2) is 4.79 Å². The van der Waals surface area contributed by atoms with E-state index in [4.69, 9.17) is 9.47 Å². The molecule has 6 heteroatoms. The summed E-state index contributed by atoms with van der Waals surface area (Å²) >= 11 is 0. The monoisotopic (exact) mass is 341 g/mol. The third kappa shape index (κ3) is 4.91. The summed E-state index contributed by atoms with van der Waals surface area (Å²) in [5.41, 5.74) is 1.04. The van der Waals surface area contributed by atoms with Crippen molar-refractivity contribution in [2.24, 2.45) is 0 Å². The molecule has 1 N–H and O–H groups in total. The fourth-order valence-corrected chi connectivity index (χ4v) is 2.36. The number of esters is 2. The first-order chi connectivity index (χ1) is 12.0. The van der Waals surface area contributed by atoms with Gasteiger partial charge in [-0.3, -0.25) is 9.59 Å². The zero-order chi connectivity index (χ0) is 18.2. The van der Waals surface area contributed by atoms with Crippen molar-refractivity contribution >= 4 is 17.8 Å². The van der Waals surface area contributed by atoms with Crippen molar-refractivity contribution in [2.75, 3.05) is 7.11 Å². The second-order valence-electron chi connectivity index (χ2n) is 5.28. The van der Waals surface area contributed by atoms with Crippen LogP contribution in [0.5, 0.6) is 0 Å². The number of nitrogens with one attached hydrogen (secondary N) is 1. The van der Waals surface area contributed by atoms with Gasteiger partial charge in [0.15, 0.2) is 0 Å². The van der Waals surface area contributed by atoms with Gasteiger partial charge in [0.1, 0.15) is 6.04 Å². The maximum Gasteiger partial charge on any atom is 0.349 e. The molecule has 0 fully saturated rings.